The largest absolute Gasteiger partial charge is 0.351 e. The van der Waals surface area contributed by atoms with E-state index in [-0.39, 0.29) is 12.1 Å². The van der Waals surface area contributed by atoms with Crippen LogP contribution in [0.1, 0.15) is 45.9 Å². The van der Waals surface area contributed by atoms with Crippen LogP contribution in [-0.4, -0.2) is 19.6 Å². The minimum Gasteiger partial charge on any atom is -0.351 e. The highest BCUT2D eigenvalue weighted by atomic mass is 32.1. The molecule has 5 rings (SSSR count). The van der Waals surface area contributed by atoms with E-state index < -0.39 is 0 Å². The van der Waals surface area contributed by atoms with E-state index in [1.807, 2.05) is 30.6 Å². The molecule has 1 saturated heterocycles. The Balaban J connectivity index is 1.69. The van der Waals surface area contributed by atoms with Gasteiger partial charge in [-0.2, -0.15) is 0 Å². The second kappa shape index (κ2) is 8.45. The first-order valence-corrected chi connectivity index (χ1v) is 11.5. The molecular weight excluding hydrogens is 426 g/mol. The molecule has 0 bridgehead atoms. The summed E-state index contributed by atoms with van der Waals surface area (Å²) >= 11 is 5.90. The number of nitrogens with one attached hydrogen (secondary N) is 1. The molecule has 5 nitrogen and oxygen atoms in total. The van der Waals surface area contributed by atoms with Crippen molar-refractivity contribution in [1.29, 1.82) is 0 Å². The molecule has 166 valence electrons. The summed E-state index contributed by atoms with van der Waals surface area (Å²) in [6.45, 7) is 8.59. The maximum absolute atomic E-state index is 5.90. The van der Waals surface area contributed by atoms with Gasteiger partial charge in [-0.05, 0) is 99.1 Å². The van der Waals surface area contributed by atoms with Crippen molar-refractivity contribution in [2.75, 3.05) is 4.90 Å². The molecule has 1 aliphatic rings. The Morgan fingerprint density at radius 2 is 1.73 bits per heavy atom. The summed E-state index contributed by atoms with van der Waals surface area (Å²) in [5, 5.41) is 4.28. The van der Waals surface area contributed by atoms with E-state index in [4.69, 9.17) is 12.2 Å². The summed E-state index contributed by atoms with van der Waals surface area (Å²) in [5.41, 5.74) is 9.19. The van der Waals surface area contributed by atoms with Gasteiger partial charge in [-0.3, -0.25) is 9.97 Å². The number of benzene rings is 1. The molecule has 0 spiro atoms. The van der Waals surface area contributed by atoms with Crippen molar-refractivity contribution in [2.45, 2.75) is 39.8 Å². The van der Waals surface area contributed by atoms with Gasteiger partial charge in [-0.25, -0.2) is 0 Å². The minimum atomic E-state index is -0.0665. The molecule has 0 aliphatic carbocycles. The summed E-state index contributed by atoms with van der Waals surface area (Å²) in [7, 11) is 0. The Morgan fingerprint density at radius 1 is 0.879 bits per heavy atom. The fraction of sp³-hybridized carbons (Fsp3) is 0.222. The monoisotopic (exact) mass is 453 g/mol. The fourth-order valence-corrected chi connectivity index (χ4v) is 5.14. The first-order valence-electron chi connectivity index (χ1n) is 11.1. The number of thiocarbonyl (C=S) groups is 1. The average Bonchev–Trinajstić information content (AvgIpc) is 3.32. The van der Waals surface area contributed by atoms with Gasteiger partial charge in [-0.1, -0.05) is 12.1 Å². The third-order valence-electron chi connectivity index (χ3n) is 6.56. The topological polar surface area (TPSA) is 46.0 Å². The van der Waals surface area contributed by atoms with Gasteiger partial charge in [0.2, 0.25) is 0 Å². The van der Waals surface area contributed by atoms with Crippen molar-refractivity contribution in [3.05, 3.63) is 107 Å². The molecule has 0 radical (unpaired) electrons. The molecule has 4 heterocycles. The van der Waals surface area contributed by atoms with Crippen molar-refractivity contribution in [3.8, 4) is 5.69 Å². The second-order valence-corrected chi connectivity index (χ2v) is 9.02. The van der Waals surface area contributed by atoms with Crippen LogP contribution in [0.15, 0.2) is 73.2 Å². The van der Waals surface area contributed by atoms with E-state index in [0.717, 1.165) is 22.8 Å². The van der Waals surface area contributed by atoms with Crippen LogP contribution < -0.4 is 10.2 Å². The van der Waals surface area contributed by atoms with E-state index in [1.165, 1.54) is 22.4 Å². The van der Waals surface area contributed by atoms with E-state index in [1.54, 1.807) is 6.20 Å². The Hall–Kier alpha value is -3.51. The first kappa shape index (κ1) is 21.3. The van der Waals surface area contributed by atoms with Crippen LogP contribution >= 0.6 is 12.2 Å². The number of nitrogens with zero attached hydrogens (tertiary/aromatic N) is 4. The third-order valence-corrected chi connectivity index (χ3v) is 6.87. The van der Waals surface area contributed by atoms with Gasteiger partial charge < -0.3 is 14.8 Å². The smallest absolute Gasteiger partial charge is 0.174 e. The van der Waals surface area contributed by atoms with Crippen LogP contribution in [0.3, 0.4) is 0 Å². The summed E-state index contributed by atoms with van der Waals surface area (Å²) < 4.78 is 2.26. The van der Waals surface area contributed by atoms with E-state index in [2.05, 4.69) is 88.8 Å². The molecule has 0 amide bonds. The lowest BCUT2D eigenvalue weighted by molar-refractivity contribution is 0.565. The highest BCUT2D eigenvalue weighted by Crippen LogP contribution is 2.44. The number of anilines is 1. The molecule has 1 N–H and O–H groups in total. The minimum absolute atomic E-state index is 0.0360. The van der Waals surface area contributed by atoms with Crippen molar-refractivity contribution < 1.29 is 0 Å². The van der Waals surface area contributed by atoms with E-state index in [0.29, 0.717) is 5.11 Å². The Bertz CT molecular complexity index is 1310. The lowest BCUT2D eigenvalue weighted by Crippen LogP contribution is -2.29. The zero-order valence-electron chi connectivity index (χ0n) is 19.3. The molecule has 3 aromatic heterocycles. The number of hydrogen-bond acceptors (Lipinski definition) is 3. The molecule has 0 unspecified atom stereocenters. The molecule has 4 aromatic rings. The zero-order chi connectivity index (χ0) is 23.1. The molecule has 2 atom stereocenters. The van der Waals surface area contributed by atoms with Gasteiger partial charge in [-0.15, -0.1) is 0 Å². The highest BCUT2D eigenvalue weighted by Gasteiger charge is 2.42. The lowest BCUT2D eigenvalue weighted by Gasteiger charge is -2.28. The normalized spacial score (nSPS) is 17.9. The fourth-order valence-electron chi connectivity index (χ4n) is 4.79. The standard InChI is InChI=1S/C27H27N5S/c1-17-10-11-21(14-18(17)2)32-26(25(30-27(32)33)24-9-5-6-13-29-24)23-15-19(3)31(20(23)4)22-8-7-12-28-16-22/h5-16,25-26H,1-4H3,(H,30,33)/t25-,26-/m0/s1. The van der Waals surface area contributed by atoms with Gasteiger partial charge in [0.25, 0.3) is 0 Å². The highest BCUT2D eigenvalue weighted by molar-refractivity contribution is 7.80. The SMILES string of the molecule is Cc1ccc(N2C(=S)N[C@@H](c3ccccn3)[C@@H]2c2cc(C)n(-c3cccnc3)c2C)cc1C. The number of aryl methyl sites for hydroxylation is 3. The zero-order valence-corrected chi connectivity index (χ0v) is 20.1. The van der Waals surface area contributed by atoms with Crippen molar-refractivity contribution in [2.24, 2.45) is 0 Å². The quantitative estimate of drug-likeness (QED) is 0.403. The first-order chi connectivity index (χ1) is 16.0. The predicted molar refractivity (Wildman–Crippen MR) is 137 cm³/mol. The Morgan fingerprint density at radius 3 is 2.42 bits per heavy atom. The average molecular weight is 454 g/mol. The molecule has 6 heteroatoms. The maximum Gasteiger partial charge on any atom is 0.174 e. The van der Waals surface area contributed by atoms with Crippen molar-refractivity contribution in [1.82, 2.24) is 19.9 Å². The number of aromatic nitrogens is 3. The van der Waals surface area contributed by atoms with Crippen LogP contribution in [0.25, 0.3) is 5.69 Å². The van der Waals surface area contributed by atoms with Gasteiger partial charge >= 0.3 is 0 Å². The van der Waals surface area contributed by atoms with Crippen molar-refractivity contribution in [3.63, 3.8) is 0 Å². The Kier molecular flexibility index (Phi) is 5.46. The van der Waals surface area contributed by atoms with Crippen LogP contribution in [0.5, 0.6) is 0 Å². The van der Waals surface area contributed by atoms with Gasteiger partial charge in [0, 0.05) is 29.5 Å². The summed E-state index contributed by atoms with van der Waals surface area (Å²) in [6, 6.07) is 18.8. The van der Waals surface area contributed by atoms with Gasteiger partial charge in [0.1, 0.15) is 0 Å². The maximum atomic E-state index is 5.90. The third kappa shape index (κ3) is 3.70. The van der Waals surface area contributed by atoms with E-state index >= 15 is 0 Å². The van der Waals surface area contributed by atoms with Crippen LogP contribution in [0, 0.1) is 27.7 Å². The molecular formula is C27H27N5S. The number of hydrogen-bond donors (Lipinski definition) is 1. The molecule has 1 aliphatic heterocycles. The van der Waals surface area contributed by atoms with Crippen LogP contribution in [0.4, 0.5) is 5.69 Å². The van der Waals surface area contributed by atoms with Crippen molar-refractivity contribution >= 4 is 23.0 Å². The molecule has 1 aromatic carbocycles. The van der Waals surface area contributed by atoms with Crippen LogP contribution in [-0.2, 0) is 0 Å². The number of pyridine rings is 2. The summed E-state index contributed by atoms with van der Waals surface area (Å²) in [5.74, 6) is 0. The van der Waals surface area contributed by atoms with Gasteiger partial charge in [0.05, 0.1) is 29.7 Å². The number of rotatable bonds is 4. The molecule has 33 heavy (non-hydrogen) atoms. The Labute approximate surface area is 200 Å². The summed E-state index contributed by atoms with van der Waals surface area (Å²) in [6.07, 6.45) is 5.55. The molecule has 1 fully saturated rings. The predicted octanol–water partition coefficient (Wildman–Crippen LogP) is 5.68. The van der Waals surface area contributed by atoms with Gasteiger partial charge in [0.15, 0.2) is 5.11 Å². The second-order valence-electron chi connectivity index (χ2n) is 8.64. The van der Waals surface area contributed by atoms with Crippen LogP contribution in [0.2, 0.25) is 0 Å². The molecule has 0 saturated carbocycles. The summed E-state index contributed by atoms with van der Waals surface area (Å²) in [4.78, 5) is 11.3. The lowest BCUT2D eigenvalue weighted by atomic mass is 9.96. The van der Waals surface area contributed by atoms with E-state index in [9.17, 15) is 0 Å².